The number of halogens is 2. The van der Waals surface area contributed by atoms with Crippen LogP contribution in [0.15, 0.2) is 0 Å². The number of hydrogen-bond donors (Lipinski definition) is 0. The van der Waals surface area contributed by atoms with Gasteiger partial charge in [-0.2, -0.15) is 0 Å². The van der Waals surface area contributed by atoms with E-state index in [0.29, 0.717) is 0 Å². The summed E-state index contributed by atoms with van der Waals surface area (Å²) in [5.41, 5.74) is 0.826. The summed E-state index contributed by atoms with van der Waals surface area (Å²) < 4.78 is 30.6. The summed E-state index contributed by atoms with van der Waals surface area (Å²) in [6.07, 6.45) is 4.04. The van der Waals surface area contributed by atoms with Crippen molar-refractivity contribution < 1.29 is 13.0 Å². The first-order valence-corrected chi connectivity index (χ1v) is 2.52. The van der Waals surface area contributed by atoms with E-state index in [1.165, 1.54) is 0 Å². The van der Waals surface area contributed by atoms with E-state index in [-0.39, 0.29) is 0 Å². The second-order valence-corrected chi connectivity index (χ2v) is 1.77. The minimum absolute atomic E-state index is 0.826. The minimum atomic E-state index is -5.12. The molecular formula is C2HF2OP. The molecule has 0 bridgehead atoms. The molecule has 0 rings (SSSR count). The fourth-order valence-corrected chi connectivity index (χ4v) is 0. The van der Waals surface area contributed by atoms with E-state index in [2.05, 4.69) is 6.42 Å². The molecule has 0 radical (unpaired) electrons. The first-order chi connectivity index (χ1) is 2.56. The molecule has 0 saturated heterocycles. The molecule has 6 heavy (non-hydrogen) atoms. The summed E-state index contributed by atoms with van der Waals surface area (Å²) in [6.45, 7) is 0. The maximum absolute atomic E-state index is 10.8. The van der Waals surface area contributed by atoms with E-state index in [0.717, 1.165) is 5.66 Å². The molecule has 0 saturated carbocycles. The summed E-state index contributed by atoms with van der Waals surface area (Å²) in [4.78, 5) is 0. The molecular weight excluding hydrogens is 109 g/mol. The van der Waals surface area contributed by atoms with Crippen molar-refractivity contribution in [2.24, 2.45) is 0 Å². The molecule has 0 heterocycles. The summed E-state index contributed by atoms with van der Waals surface area (Å²) in [7, 11) is -5.12. The van der Waals surface area contributed by atoms with Crippen molar-refractivity contribution >= 4 is 7.76 Å². The first-order valence-electron chi connectivity index (χ1n) is 1.03. The highest BCUT2D eigenvalue weighted by Gasteiger charge is 2.10. The van der Waals surface area contributed by atoms with Gasteiger partial charge in [0.2, 0.25) is 0 Å². The third-order valence-electron chi connectivity index (χ3n) is 0.150. The maximum atomic E-state index is 10.8. The standard InChI is InChI=1S/C2HF2OP/c1-2-6(3,4)5/h1H. The van der Waals surface area contributed by atoms with Crippen LogP contribution >= 0.6 is 7.76 Å². The van der Waals surface area contributed by atoms with E-state index >= 15 is 0 Å². The van der Waals surface area contributed by atoms with Crippen LogP contribution in [0.25, 0.3) is 0 Å². The predicted octanol–water partition coefficient (Wildman–Crippen LogP) is 1.71. The Labute approximate surface area is 34.0 Å². The predicted molar refractivity (Wildman–Crippen MR) is 18.7 cm³/mol. The van der Waals surface area contributed by atoms with Crippen molar-refractivity contribution in [1.29, 1.82) is 0 Å². The Morgan fingerprint density at radius 3 is 1.83 bits per heavy atom. The molecule has 0 spiro atoms. The Balaban J connectivity index is 3.94. The Kier molecular flexibility index (Phi) is 1.32. The lowest BCUT2D eigenvalue weighted by atomic mass is 11.4. The second-order valence-electron chi connectivity index (χ2n) is 0.591. The Morgan fingerprint density at radius 1 is 1.67 bits per heavy atom. The van der Waals surface area contributed by atoms with Crippen molar-refractivity contribution in [3.8, 4) is 12.1 Å². The van der Waals surface area contributed by atoms with Crippen molar-refractivity contribution in [1.82, 2.24) is 0 Å². The van der Waals surface area contributed by atoms with Crippen molar-refractivity contribution in [2.45, 2.75) is 0 Å². The van der Waals surface area contributed by atoms with Gasteiger partial charge in [0.15, 0.2) is 0 Å². The lowest BCUT2D eigenvalue weighted by molar-refractivity contribution is 0.508. The molecule has 0 atom stereocenters. The quantitative estimate of drug-likeness (QED) is 0.342. The van der Waals surface area contributed by atoms with Gasteiger partial charge in [-0.05, 0) is 0 Å². The summed E-state index contributed by atoms with van der Waals surface area (Å²) >= 11 is 0. The Hall–Kier alpha value is -0.350. The van der Waals surface area contributed by atoms with Gasteiger partial charge in [-0.1, -0.05) is 0 Å². The van der Waals surface area contributed by atoms with E-state index < -0.39 is 7.76 Å². The van der Waals surface area contributed by atoms with E-state index in [1.807, 2.05) is 0 Å². The molecule has 1 nitrogen and oxygen atoms in total. The molecule has 0 fully saturated rings. The zero-order valence-electron chi connectivity index (χ0n) is 2.69. The van der Waals surface area contributed by atoms with Crippen LogP contribution < -0.4 is 0 Å². The van der Waals surface area contributed by atoms with Gasteiger partial charge in [0.1, 0.15) is 0 Å². The molecule has 0 N–H and O–H groups in total. The smallest absolute Gasteiger partial charge is 0.235 e. The van der Waals surface area contributed by atoms with Gasteiger partial charge in [0.25, 0.3) is 0 Å². The first kappa shape index (κ1) is 5.65. The third kappa shape index (κ3) is 3.65. The van der Waals surface area contributed by atoms with Crippen LogP contribution in [0.2, 0.25) is 0 Å². The average Bonchev–Trinajstić information content (AvgIpc) is 1.35. The fourth-order valence-electron chi connectivity index (χ4n) is 0. The van der Waals surface area contributed by atoms with Crippen LogP contribution in [0.5, 0.6) is 0 Å². The van der Waals surface area contributed by atoms with E-state index in [4.69, 9.17) is 4.57 Å². The minimum Gasteiger partial charge on any atom is -0.235 e. The highest BCUT2D eigenvalue weighted by molar-refractivity contribution is 7.58. The topological polar surface area (TPSA) is 17.1 Å². The molecule has 4 heteroatoms. The van der Waals surface area contributed by atoms with Gasteiger partial charge in [-0.3, -0.25) is 0 Å². The zero-order chi connectivity index (χ0) is 5.21. The molecule has 0 aliphatic rings. The molecule has 0 aliphatic carbocycles. The average molecular weight is 110 g/mol. The Bertz CT molecular complexity index is 118. The van der Waals surface area contributed by atoms with E-state index in [9.17, 15) is 8.39 Å². The second kappa shape index (κ2) is 1.40. The number of terminal acetylenes is 1. The van der Waals surface area contributed by atoms with Gasteiger partial charge in [-0.15, -0.1) is 14.8 Å². The molecule has 0 aromatic rings. The summed E-state index contributed by atoms with van der Waals surface area (Å²) in [5, 5.41) is 0. The molecule has 0 aliphatic heterocycles. The summed E-state index contributed by atoms with van der Waals surface area (Å²) in [5.74, 6) is 0. The molecule has 34 valence electrons. The van der Waals surface area contributed by atoms with Crippen LogP contribution in [-0.2, 0) is 4.57 Å². The van der Waals surface area contributed by atoms with Crippen LogP contribution in [-0.4, -0.2) is 0 Å². The Morgan fingerprint density at radius 2 is 1.83 bits per heavy atom. The van der Waals surface area contributed by atoms with Gasteiger partial charge in [0.05, 0.1) is 0 Å². The maximum Gasteiger partial charge on any atom is 0.478 e. The summed E-state index contributed by atoms with van der Waals surface area (Å²) in [6, 6.07) is 0. The normalized spacial score (nSPS) is 10.2. The zero-order valence-corrected chi connectivity index (χ0v) is 3.58. The van der Waals surface area contributed by atoms with Gasteiger partial charge in [-0.25, -0.2) is 4.57 Å². The van der Waals surface area contributed by atoms with Crippen molar-refractivity contribution in [2.75, 3.05) is 0 Å². The highest BCUT2D eigenvalue weighted by atomic mass is 31.2. The monoisotopic (exact) mass is 110 g/mol. The number of rotatable bonds is 0. The molecule has 0 aromatic heterocycles. The van der Waals surface area contributed by atoms with Crippen molar-refractivity contribution in [3.05, 3.63) is 0 Å². The van der Waals surface area contributed by atoms with Gasteiger partial charge < -0.3 is 0 Å². The lowest BCUT2D eigenvalue weighted by Gasteiger charge is -1.74. The van der Waals surface area contributed by atoms with E-state index in [1.54, 1.807) is 0 Å². The molecule has 0 aromatic carbocycles. The third-order valence-corrected chi connectivity index (χ3v) is 0.451. The number of hydrogen-bond acceptors (Lipinski definition) is 1. The van der Waals surface area contributed by atoms with Gasteiger partial charge in [0, 0.05) is 5.66 Å². The van der Waals surface area contributed by atoms with Crippen LogP contribution in [0.4, 0.5) is 8.39 Å². The fraction of sp³-hybridized carbons (Fsp3) is 0. The highest BCUT2D eigenvalue weighted by Crippen LogP contribution is 2.46. The van der Waals surface area contributed by atoms with Crippen LogP contribution in [0.3, 0.4) is 0 Å². The van der Waals surface area contributed by atoms with Crippen LogP contribution in [0.1, 0.15) is 0 Å². The largest absolute Gasteiger partial charge is 0.478 e. The SMILES string of the molecule is C#CP(=O)(F)F. The molecule has 0 unspecified atom stereocenters. The van der Waals surface area contributed by atoms with Gasteiger partial charge >= 0.3 is 7.76 Å². The van der Waals surface area contributed by atoms with Crippen LogP contribution in [0, 0.1) is 12.1 Å². The lowest BCUT2D eigenvalue weighted by Crippen LogP contribution is -1.43. The van der Waals surface area contributed by atoms with Crippen molar-refractivity contribution in [3.63, 3.8) is 0 Å². The molecule has 0 amide bonds.